The van der Waals surface area contributed by atoms with Crippen molar-refractivity contribution in [3.63, 3.8) is 0 Å². The van der Waals surface area contributed by atoms with Crippen LogP contribution in [0.2, 0.25) is 0 Å². The maximum absolute atomic E-state index is 11.7. The summed E-state index contributed by atoms with van der Waals surface area (Å²) in [5, 5.41) is 5.24. The van der Waals surface area contributed by atoms with Crippen molar-refractivity contribution in [3.05, 3.63) is 30.1 Å². The maximum atomic E-state index is 11.7. The molecule has 24 heavy (non-hydrogen) atoms. The zero-order valence-electron chi connectivity index (χ0n) is 14.2. The SMILES string of the molecule is COCCNC(=O)C(=O)NCC1CCN(Cc2ccccn2)CC1. The average Bonchev–Trinajstić information content (AvgIpc) is 2.62. The zero-order chi connectivity index (χ0) is 17.2. The van der Waals surface area contributed by atoms with Gasteiger partial charge < -0.3 is 15.4 Å². The summed E-state index contributed by atoms with van der Waals surface area (Å²) >= 11 is 0. The number of likely N-dealkylation sites (tertiary alicyclic amines) is 1. The number of methoxy groups -OCH3 is 1. The monoisotopic (exact) mass is 334 g/mol. The largest absolute Gasteiger partial charge is 0.383 e. The summed E-state index contributed by atoms with van der Waals surface area (Å²) < 4.78 is 4.82. The lowest BCUT2D eigenvalue weighted by atomic mass is 9.96. The Morgan fingerprint density at radius 3 is 2.67 bits per heavy atom. The van der Waals surface area contributed by atoms with Crippen molar-refractivity contribution in [2.45, 2.75) is 19.4 Å². The second-order valence-electron chi connectivity index (χ2n) is 6.00. The van der Waals surface area contributed by atoms with Gasteiger partial charge in [-0.05, 0) is 44.0 Å². The minimum absolute atomic E-state index is 0.342. The van der Waals surface area contributed by atoms with E-state index in [0.29, 0.717) is 25.6 Å². The molecule has 1 saturated heterocycles. The van der Waals surface area contributed by atoms with E-state index in [1.807, 2.05) is 24.4 Å². The maximum Gasteiger partial charge on any atom is 0.309 e. The van der Waals surface area contributed by atoms with Crippen LogP contribution in [0.25, 0.3) is 0 Å². The topological polar surface area (TPSA) is 83.6 Å². The first-order valence-electron chi connectivity index (χ1n) is 8.36. The summed E-state index contributed by atoms with van der Waals surface area (Å²) in [4.78, 5) is 30.0. The van der Waals surface area contributed by atoms with E-state index in [1.54, 1.807) is 7.11 Å². The number of nitrogens with zero attached hydrogens (tertiary/aromatic N) is 2. The first-order chi connectivity index (χ1) is 11.7. The predicted molar refractivity (Wildman–Crippen MR) is 90.1 cm³/mol. The molecule has 0 aromatic carbocycles. The molecule has 0 bridgehead atoms. The molecule has 7 nitrogen and oxygen atoms in total. The van der Waals surface area contributed by atoms with Crippen molar-refractivity contribution < 1.29 is 14.3 Å². The number of nitrogens with one attached hydrogen (secondary N) is 2. The van der Waals surface area contributed by atoms with Crippen molar-refractivity contribution in [2.24, 2.45) is 5.92 Å². The van der Waals surface area contributed by atoms with E-state index in [9.17, 15) is 9.59 Å². The highest BCUT2D eigenvalue weighted by Gasteiger charge is 2.21. The van der Waals surface area contributed by atoms with E-state index >= 15 is 0 Å². The predicted octanol–water partition coefficient (Wildman–Crippen LogP) is 0.172. The number of hydrogen-bond donors (Lipinski definition) is 2. The van der Waals surface area contributed by atoms with Crippen LogP contribution in [-0.2, 0) is 20.9 Å². The molecule has 2 amide bonds. The number of pyridine rings is 1. The van der Waals surface area contributed by atoms with Crippen LogP contribution in [0.5, 0.6) is 0 Å². The van der Waals surface area contributed by atoms with E-state index in [-0.39, 0.29) is 0 Å². The Morgan fingerprint density at radius 2 is 2.00 bits per heavy atom. The van der Waals surface area contributed by atoms with Gasteiger partial charge in [0.15, 0.2) is 0 Å². The number of aromatic nitrogens is 1. The molecular weight excluding hydrogens is 308 g/mol. The first-order valence-corrected chi connectivity index (χ1v) is 8.36. The third-order valence-electron chi connectivity index (χ3n) is 4.17. The van der Waals surface area contributed by atoms with Crippen molar-refractivity contribution in [3.8, 4) is 0 Å². The van der Waals surface area contributed by atoms with Gasteiger partial charge in [-0.1, -0.05) is 6.07 Å². The number of ether oxygens (including phenoxy) is 1. The Morgan fingerprint density at radius 1 is 1.25 bits per heavy atom. The van der Waals surface area contributed by atoms with Crippen LogP contribution in [0.1, 0.15) is 18.5 Å². The Labute approximate surface area is 142 Å². The first kappa shape index (κ1) is 18.4. The van der Waals surface area contributed by atoms with Crippen LogP contribution in [-0.4, -0.2) is 61.6 Å². The van der Waals surface area contributed by atoms with Crippen molar-refractivity contribution in [1.29, 1.82) is 0 Å². The van der Waals surface area contributed by atoms with Gasteiger partial charge in [-0.25, -0.2) is 0 Å². The molecule has 0 saturated carbocycles. The molecular formula is C17H26N4O3. The second kappa shape index (κ2) is 10.00. The molecule has 0 unspecified atom stereocenters. The number of amides is 2. The molecule has 0 atom stereocenters. The number of hydrogen-bond acceptors (Lipinski definition) is 5. The van der Waals surface area contributed by atoms with Crippen LogP contribution in [0.15, 0.2) is 24.4 Å². The third-order valence-corrected chi connectivity index (χ3v) is 4.17. The summed E-state index contributed by atoms with van der Waals surface area (Å²) in [6.45, 7) is 4.12. The normalized spacial score (nSPS) is 15.9. The number of carbonyl (C=O) groups excluding carboxylic acids is 2. The quantitative estimate of drug-likeness (QED) is 0.549. The molecule has 1 aliphatic heterocycles. The van der Waals surface area contributed by atoms with Crippen molar-refractivity contribution in [2.75, 3.05) is 39.9 Å². The highest BCUT2D eigenvalue weighted by atomic mass is 16.5. The average molecular weight is 334 g/mol. The number of rotatable bonds is 7. The fraction of sp³-hybridized carbons (Fsp3) is 0.588. The lowest BCUT2D eigenvalue weighted by molar-refractivity contribution is -0.139. The summed E-state index contributed by atoms with van der Waals surface area (Å²) in [5.74, 6) is -0.748. The highest BCUT2D eigenvalue weighted by molar-refractivity contribution is 6.35. The molecule has 2 rings (SSSR count). The zero-order valence-corrected chi connectivity index (χ0v) is 14.2. The second-order valence-corrected chi connectivity index (χ2v) is 6.00. The fourth-order valence-corrected chi connectivity index (χ4v) is 2.73. The smallest absolute Gasteiger partial charge is 0.309 e. The van der Waals surface area contributed by atoms with Crippen LogP contribution in [0.4, 0.5) is 0 Å². The van der Waals surface area contributed by atoms with Crippen LogP contribution in [0.3, 0.4) is 0 Å². The summed E-state index contributed by atoms with van der Waals surface area (Å²) in [6, 6.07) is 5.96. The molecule has 1 aromatic rings. The molecule has 0 radical (unpaired) electrons. The Kier molecular flexibility index (Phi) is 7.64. The summed E-state index contributed by atoms with van der Waals surface area (Å²) in [7, 11) is 1.55. The van der Waals surface area contributed by atoms with Gasteiger partial charge in [0.2, 0.25) is 0 Å². The van der Waals surface area contributed by atoms with Gasteiger partial charge in [-0.15, -0.1) is 0 Å². The van der Waals surface area contributed by atoms with Gasteiger partial charge in [0.05, 0.1) is 12.3 Å². The van der Waals surface area contributed by atoms with Gasteiger partial charge in [-0.3, -0.25) is 19.5 Å². The van der Waals surface area contributed by atoms with E-state index in [2.05, 4.69) is 20.5 Å². The minimum Gasteiger partial charge on any atom is -0.383 e. The van der Waals surface area contributed by atoms with Gasteiger partial charge in [-0.2, -0.15) is 0 Å². The molecule has 1 aliphatic rings. The molecule has 0 aliphatic carbocycles. The summed E-state index contributed by atoms with van der Waals surface area (Å²) in [5.41, 5.74) is 1.08. The van der Waals surface area contributed by atoms with E-state index in [4.69, 9.17) is 4.74 Å². The van der Waals surface area contributed by atoms with E-state index in [1.165, 1.54) is 0 Å². The van der Waals surface area contributed by atoms with Gasteiger partial charge in [0, 0.05) is 32.9 Å². The molecule has 2 N–H and O–H groups in total. The standard InChI is InChI=1S/C17H26N4O3/c1-24-11-8-19-16(22)17(23)20-12-14-5-9-21(10-6-14)13-15-4-2-3-7-18-15/h2-4,7,14H,5-6,8-13H2,1H3,(H,19,22)(H,20,23). The van der Waals surface area contributed by atoms with E-state index in [0.717, 1.165) is 38.2 Å². The van der Waals surface area contributed by atoms with Gasteiger partial charge >= 0.3 is 11.8 Å². The summed E-state index contributed by atoms with van der Waals surface area (Å²) in [6.07, 6.45) is 3.84. The van der Waals surface area contributed by atoms with Crippen LogP contribution < -0.4 is 10.6 Å². The number of carbonyl (C=O) groups is 2. The van der Waals surface area contributed by atoms with Crippen LogP contribution in [0, 0.1) is 5.92 Å². The fourth-order valence-electron chi connectivity index (χ4n) is 2.73. The molecule has 132 valence electrons. The minimum atomic E-state index is -0.598. The van der Waals surface area contributed by atoms with Crippen LogP contribution >= 0.6 is 0 Å². The lowest BCUT2D eigenvalue weighted by Gasteiger charge is -2.31. The molecule has 7 heteroatoms. The van der Waals surface area contributed by atoms with Gasteiger partial charge in [0.1, 0.15) is 0 Å². The van der Waals surface area contributed by atoms with E-state index < -0.39 is 11.8 Å². The Bertz CT molecular complexity index is 516. The molecule has 1 fully saturated rings. The lowest BCUT2D eigenvalue weighted by Crippen LogP contribution is -2.44. The van der Waals surface area contributed by atoms with Crippen molar-refractivity contribution >= 4 is 11.8 Å². The number of piperidine rings is 1. The highest BCUT2D eigenvalue weighted by Crippen LogP contribution is 2.17. The Hall–Kier alpha value is -1.99. The molecule has 1 aromatic heterocycles. The molecule has 0 spiro atoms. The van der Waals surface area contributed by atoms with Crippen molar-refractivity contribution in [1.82, 2.24) is 20.5 Å². The Balaban J connectivity index is 1.62. The van der Waals surface area contributed by atoms with Gasteiger partial charge in [0.25, 0.3) is 0 Å². The molecule has 2 heterocycles. The third kappa shape index (κ3) is 6.25.